The number of nitrogens with one attached hydrogen (secondary N) is 1. The highest BCUT2D eigenvalue weighted by molar-refractivity contribution is 7.10. The van der Waals surface area contributed by atoms with Gasteiger partial charge in [-0.3, -0.25) is 4.79 Å². The van der Waals surface area contributed by atoms with Crippen molar-refractivity contribution in [1.29, 1.82) is 0 Å². The number of carboxylic acids is 1. The van der Waals surface area contributed by atoms with Crippen molar-refractivity contribution in [2.45, 2.75) is 6.54 Å². The maximum Gasteiger partial charge on any atom is 0.328 e. The Balaban J connectivity index is 1.92. The largest absolute Gasteiger partial charge is 0.478 e. The second kappa shape index (κ2) is 6.58. The summed E-state index contributed by atoms with van der Waals surface area (Å²) in [5.41, 5.74) is 1.19. The lowest BCUT2D eigenvalue weighted by molar-refractivity contribution is -0.131. The Bertz CT molecular complexity index is 637. The Morgan fingerprint density at radius 2 is 2.10 bits per heavy atom. The smallest absolute Gasteiger partial charge is 0.328 e. The second-order valence-corrected chi connectivity index (χ2v) is 4.82. The van der Waals surface area contributed by atoms with Gasteiger partial charge in [0.15, 0.2) is 0 Å². The fourth-order valence-electron chi connectivity index (χ4n) is 1.43. The molecule has 2 heterocycles. The van der Waals surface area contributed by atoms with Crippen LogP contribution in [-0.2, 0) is 11.3 Å². The van der Waals surface area contributed by atoms with Crippen molar-refractivity contribution in [3.63, 3.8) is 0 Å². The Labute approximate surface area is 118 Å². The predicted octanol–water partition coefficient (Wildman–Crippen LogP) is 1.57. The highest BCUT2D eigenvalue weighted by Crippen LogP contribution is 2.16. The van der Waals surface area contributed by atoms with E-state index in [1.54, 1.807) is 0 Å². The molecule has 0 saturated heterocycles. The van der Waals surface area contributed by atoms with Gasteiger partial charge in [-0.05, 0) is 23.1 Å². The summed E-state index contributed by atoms with van der Waals surface area (Å²) >= 11 is 1.45. The zero-order valence-electron chi connectivity index (χ0n) is 10.3. The summed E-state index contributed by atoms with van der Waals surface area (Å²) in [6.45, 7) is 0.374. The molecule has 0 aliphatic heterocycles. The van der Waals surface area contributed by atoms with Crippen LogP contribution in [0, 0.1) is 0 Å². The lowest BCUT2D eigenvalue weighted by atomic mass is 10.2. The number of carbonyl (C=O) groups excluding carboxylic acids is 1. The summed E-state index contributed by atoms with van der Waals surface area (Å²) in [5.74, 6) is -1.24. The summed E-state index contributed by atoms with van der Waals surface area (Å²) in [6.07, 6.45) is 6.83. The number of thiophene rings is 1. The van der Waals surface area contributed by atoms with Gasteiger partial charge in [-0.15, -0.1) is 11.3 Å². The molecule has 0 bridgehead atoms. The molecule has 20 heavy (non-hydrogen) atoms. The summed E-state index contributed by atoms with van der Waals surface area (Å²) in [6, 6.07) is 1.83. The van der Waals surface area contributed by atoms with Crippen molar-refractivity contribution in [3.8, 4) is 0 Å². The molecule has 0 fully saturated rings. The van der Waals surface area contributed by atoms with E-state index in [9.17, 15) is 9.59 Å². The van der Waals surface area contributed by atoms with E-state index in [2.05, 4.69) is 15.3 Å². The average molecular weight is 289 g/mol. The molecule has 1 amide bonds. The van der Waals surface area contributed by atoms with Crippen LogP contribution in [0.5, 0.6) is 0 Å². The van der Waals surface area contributed by atoms with Crippen LogP contribution < -0.4 is 5.32 Å². The van der Waals surface area contributed by atoms with Crippen molar-refractivity contribution in [3.05, 3.63) is 52.2 Å². The van der Waals surface area contributed by atoms with Gasteiger partial charge in [0.25, 0.3) is 5.91 Å². The molecule has 102 valence electrons. The molecule has 0 saturated carbocycles. The standard InChI is InChI=1S/C13H11N3O3S/c17-12(18)2-1-9-3-11(20-7-9)6-16-13(19)10-4-14-8-15-5-10/h1-5,7-8H,6H2,(H,16,19)(H,17,18)/b2-1+. The SMILES string of the molecule is O=C(O)/C=C/c1csc(CNC(=O)c2cncnc2)c1. The number of carbonyl (C=O) groups is 2. The van der Waals surface area contributed by atoms with Crippen LogP contribution in [0.25, 0.3) is 6.08 Å². The lowest BCUT2D eigenvalue weighted by Crippen LogP contribution is -2.22. The topological polar surface area (TPSA) is 92.2 Å². The Morgan fingerprint density at radius 3 is 2.80 bits per heavy atom. The van der Waals surface area contributed by atoms with Gasteiger partial charge in [-0.1, -0.05) is 0 Å². The minimum atomic E-state index is -0.991. The fraction of sp³-hybridized carbons (Fsp3) is 0.0769. The van der Waals surface area contributed by atoms with E-state index in [4.69, 9.17) is 5.11 Å². The van der Waals surface area contributed by atoms with Crippen molar-refractivity contribution in [1.82, 2.24) is 15.3 Å². The molecule has 0 radical (unpaired) electrons. The van der Waals surface area contributed by atoms with Crippen LogP contribution in [0.2, 0.25) is 0 Å². The fourth-order valence-corrected chi connectivity index (χ4v) is 2.22. The van der Waals surface area contributed by atoms with Gasteiger partial charge in [0.1, 0.15) is 6.33 Å². The summed E-state index contributed by atoms with van der Waals surface area (Å²) < 4.78 is 0. The Hall–Kier alpha value is -2.54. The maximum absolute atomic E-state index is 11.8. The van der Waals surface area contributed by atoms with Gasteiger partial charge in [0.05, 0.1) is 12.1 Å². The van der Waals surface area contributed by atoms with Crippen LogP contribution in [0.4, 0.5) is 0 Å². The molecule has 0 spiro atoms. The van der Waals surface area contributed by atoms with Crippen LogP contribution in [0.15, 0.2) is 36.2 Å². The third kappa shape index (κ3) is 3.99. The molecule has 2 aromatic heterocycles. The Kier molecular flexibility index (Phi) is 4.56. The summed E-state index contributed by atoms with van der Waals surface area (Å²) in [5, 5.41) is 13.1. The van der Waals surface area contributed by atoms with E-state index in [0.717, 1.165) is 16.5 Å². The number of amides is 1. The van der Waals surface area contributed by atoms with E-state index in [0.29, 0.717) is 12.1 Å². The Morgan fingerprint density at radius 1 is 1.35 bits per heavy atom. The molecule has 0 aliphatic carbocycles. The van der Waals surface area contributed by atoms with E-state index < -0.39 is 5.97 Å². The molecular weight excluding hydrogens is 278 g/mol. The monoisotopic (exact) mass is 289 g/mol. The first-order valence-corrected chi connectivity index (χ1v) is 6.55. The third-order valence-corrected chi connectivity index (χ3v) is 3.29. The first-order valence-electron chi connectivity index (χ1n) is 5.67. The minimum absolute atomic E-state index is 0.248. The summed E-state index contributed by atoms with van der Waals surface area (Å²) in [7, 11) is 0. The van der Waals surface area contributed by atoms with Crippen LogP contribution >= 0.6 is 11.3 Å². The first-order chi connectivity index (χ1) is 9.65. The molecule has 7 heteroatoms. The lowest BCUT2D eigenvalue weighted by Gasteiger charge is -2.02. The normalized spacial score (nSPS) is 10.6. The van der Waals surface area contributed by atoms with Gasteiger partial charge < -0.3 is 10.4 Å². The third-order valence-electron chi connectivity index (χ3n) is 2.34. The molecule has 0 aliphatic rings. The van der Waals surface area contributed by atoms with E-state index >= 15 is 0 Å². The number of rotatable bonds is 5. The van der Waals surface area contributed by atoms with Crippen molar-refractivity contribution < 1.29 is 14.7 Å². The molecule has 2 N–H and O–H groups in total. The number of aromatic nitrogens is 2. The van der Waals surface area contributed by atoms with E-state index in [-0.39, 0.29) is 5.91 Å². The second-order valence-electron chi connectivity index (χ2n) is 3.83. The molecule has 0 aromatic carbocycles. The molecule has 2 rings (SSSR count). The van der Waals surface area contributed by atoms with E-state index in [1.165, 1.54) is 36.1 Å². The maximum atomic E-state index is 11.8. The number of hydrogen-bond donors (Lipinski definition) is 2. The van der Waals surface area contributed by atoms with Crippen molar-refractivity contribution in [2.75, 3.05) is 0 Å². The van der Waals surface area contributed by atoms with Crippen LogP contribution in [0.1, 0.15) is 20.8 Å². The zero-order chi connectivity index (χ0) is 14.4. The van der Waals surface area contributed by atoms with Gasteiger partial charge in [-0.2, -0.15) is 0 Å². The average Bonchev–Trinajstić information content (AvgIpc) is 2.91. The minimum Gasteiger partial charge on any atom is -0.478 e. The number of nitrogens with zero attached hydrogens (tertiary/aromatic N) is 2. The van der Waals surface area contributed by atoms with Gasteiger partial charge in [0, 0.05) is 23.3 Å². The van der Waals surface area contributed by atoms with Crippen molar-refractivity contribution in [2.24, 2.45) is 0 Å². The highest BCUT2D eigenvalue weighted by atomic mass is 32.1. The zero-order valence-corrected chi connectivity index (χ0v) is 11.1. The van der Waals surface area contributed by atoms with Gasteiger partial charge >= 0.3 is 5.97 Å². The number of carboxylic acid groups (broad SMARTS) is 1. The van der Waals surface area contributed by atoms with Crippen LogP contribution in [-0.4, -0.2) is 27.0 Å². The van der Waals surface area contributed by atoms with E-state index in [1.807, 2.05) is 11.4 Å². The highest BCUT2D eigenvalue weighted by Gasteiger charge is 2.06. The first kappa shape index (κ1) is 13.9. The molecular formula is C13H11N3O3S. The van der Waals surface area contributed by atoms with Crippen LogP contribution in [0.3, 0.4) is 0 Å². The van der Waals surface area contributed by atoms with Crippen molar-refractivity contribution >= 4 is 29.3 Å². The number of aliphatic carboxylic acids is 1. The summed E-state index contributed by atoms with van der Waals surface area (Å²) in [4.78, 5) is 30.6. The molecule has 0 atom stereocenters. The predicted molar refractivity (Wildman–Crippen MR) is 74.2 cm³/mol. The van der Waals surface area contributed by atoms with Gasteiger partial charge in [-0.25, -0.2) is 14.8 Å². The number of hydrogen-bond acceptors (Lipinski definition) is 5. The molecule has 2 aromatic rings. The van der Waals surface area contributed by atoms with Gasteiger partial charge in [0.2, 0.25) is 0 Å². The molecule has 6 nitrogen and oxygen atoms in total. The molecule has 0 unspecified atom stereocenters. The quantitative estimate of drug-likeness (QED) is 0.815.